The van der Waals surface area contributed by atoms with Gasteiger partial charge in [0.2, 0.25) is 0 Å². The zero-order valence-corrected chi connectivity index (χ0v) is 12.6. The molecule has 3 rings (SSSR count). The van der Waals surface area contributed by atoms with Crippen molar-refractivity contribution >= 4 is 23.6 Å². The number of nitrogens with two attached hydrogens (primary N) is 1. The zero-order chi connectivity index (χ0) is 16.6. The number of primary amides is 1. The summed E-state index contributed by atoms with van der Waals surface area (Å²) in [6.07, 6.45) is 2.86. The normalized spacial score (nSPS) is 25.9. The standard InChI is InChI=1S/C16H19N3O4/c17-16(23)18-11-5-1-3-9(7-11)14(20)19-8-10-4-2-6-12(10)13(19)15(21)22/h1,3,5,7,10,12-13H,2,4,6,8H2,(H,21,22)(H3,17,18,23). The summed E-state index contributed by atoms with van der Waals surface area (Å²) in [5.41, 5.74) is 5.83. The number of nitrogens with zero attached hydrogens (tertiary/aromatic N) is 1. The van der Waals surface area contributed by atoms with E-state index in [1.54, 1.807) is 18.2 Å². The van der Waals surface area contributed by atoms with Crippen molar-refractivity contribution in [2.75, 3.05) is 11.9 Å². The van der Waals surface area contributed by atoms with E-state index in [0.29, 0.717) is 17.8 Å². The first-order valence-electron chi connectivity index (χ1n) is 7.67. The molecule has 23 heavy (non-hydrogen) atoms. The Morgan fingerprint density at radius 1 is 1.26 bits per heavy atom. The van der Waals surface area contributed by atoms with E-state index in [9.17, 15) is 19.5 Å². The lowest BCUT2D eigenvalue weighted by atomic mass is 9.94. The van der Waals surface area contributed by atoms with Gasteiger partial charge < -0.3 is 21.1 Å². The van der Waals surface area contributed by atoms with Crippen molar-refractivity contribution < 1.29 is 19.5 Å². The van der Waals surface area contributed by atoms with Crippen molar-refractivity contribution in [1.82, 2.24) is 4.90 Å². The number of nitrogens with one attached hydrogen (secondary N) is 1. The molecule has 122 valence electrons. The first-order chi connectivity index (χ1) is 11.0. The Labute approximate surface area is 133 Å². The van der Waals surface area contributed by atoms with E-state index in [0.717, 1.165) is 19.3 Å². The van der Waals surface area contributed by atoms with Gasteiger partial charge in [-0.1, -0.05) is 12.5 Å². The Kier molecular flexibility index (Phi) is 3.94. The molecule has 3 atom stereocenters. The van der Waals surface area contributed by atoms with Gasteiger partial charge in [-0.05, 0) is 42.9 Å². The van der Waals surface area contributed by atoms with Crippen LogP contribution in [-0.2, 0) is 4.79 Å². The quantitative estimate of drug-likeness (QED) is 0.784. The molecule has 7 heteroatoms. The van der Waals surface area contributed by atoms with Gasteiger partial charge in [0.1, 0.15) is 6.04 Å². The second-order valence-electron chi connectivity index (χ2n) is 6.17. The number of carboxylic acids is 1. The Bertz CT molecular complexity index is 660. The number of carboxylic acid groups (broad SMARTS) is 1. The largest absolute Gasteiger partial charge is 0.480 e. The number of rotatable bonds is 3. The van der Waals surface area contributed by atoms with E-state index in [1.165, 1.54) is 11.0 Å². The van der Waals surface area contributed by atoms with E-state index in [2.05, 4.69) is 5.32 Å². The van der Waals surface area contributed by atoms with Gasteiger partial charge in [-0.2, -0.15) is 0 Å². The summed E-state index contributed by atoms with van der Waals surface area (Å²) >= 11 is 0. The minimum Gasteiger partial charge on any atom is -0.480 e. The molecule has 3 amide bonds. The minimum atomic E-state index is -0.945. The van der Waals surface area contributed by atoms with Gasteiger partial charge >= 0.3 is 12.0 Å². The molecule has 2 fully saturated rings. The summed E-state index contributed by atoms with van der Waals surface area (Å²) in [5, 5.41) is 11.9. The van der Waals surface area contributed by atoms with Gasteiger partial charge in [0, 0.05) is 17.8 Å². The molecule has 1 saturated heterocycles. The lowest BCUT2D eigenvalue weighted by molar-refractivity contribution is -0.142. The molecule has 1 aliphatic heterocycles. The number of carbonyl (C=O) groups excluding carboxylic acids is 2. The van der Waals surface area contributed by atoms with E-state index in [4.69, 9.17) is 5.73 Å². The molecule has 1 saturated carbocycles. The summed E-state index contributed by atoms with van der Waals surface area (Å²) in [6.45, 7) is 0.480. The van der Waals surface area contributed by atoms with Crippen LogP contribution in [0.15, 0.2) is 24.3 Å². The fourth-order valence-electron chi connectivity index (χ4n) is 3.87. The number of anilines is 1. The lowest BCUT2D eigenvalue weighted by Gasteiger charge is -2.24. The molecule has 0 spiro atoms. The first kappa shape index (κ1) is 15.3. The number of hydrogen-bond acceptors (Lipinski definition) is 3. The fourth-order valence-corrected chi connectivity index (χ4v) is 3.87. The van der Waals surface area contributed by atoms with Crippen LogP contribution in [0.2, 0.25) is 0 Å². The van der Waals surface area contributed by atoms with Crippen LogP contribution < -0.4 is 11.1 Å². The lowest BCUT2D eigenvalue weighted by Crippen LogP contribution is -2.43. The molecule has 0 radical (unpaired) electrons. The molecule has 2 aliphatic rings. The third-order valence-electron chi connectivity index (χ3n) is 4.78. The zero-order valence-electron chi connectivity index (χ0n) is 12.6. The number of likely N-dealkylation sites (tertiary alicyclic amines) is 1. The van der Waals surface area contributed by atoms with Crippen molar-refractivity contribution in [2.45, 2.75) is 25.3 Å². The van der Waals surface area contributed by atoms with Crippen LogP contribution in [0.25, 0.3) is 0 Å². The van der Waals surface area contributed by atoms with Gasteiger partial charge in [-0.25, -0.2) is 9.59 Å². The van der Waals surface area contributed by atoms with Crippen molar-refractivity contribution in [3.8, 4) is 0 Å². The molecule has 1 aromatic carbocycles. The van der Waals surface area contributed by atoms with Gasteiger partial charge in [-0.3, -0.25) is 4.79 Å². The van der Waals surface area contributed by atoms with E-state index in [1.807, 2.05) is 0 Å². The molecule has 1 aromatic rings. The number of amides is 3. The molecule has 0 aromatic heterocycles. The molecule has 0 bridgehead atoms. The van der Waals surface area contributed by atoms with E-state index < -0.39 is 18.0 Å². The Morgan fingerprint density at radius 3 is 2.74 bits per heavy atom. The second-order valence-corrected chi connectivity index (χ2v) is 6.17. The average Bonchev–Trinajstić information content (AvgIpc) is 3.05. The molecule has 1 aliphatic carbocycles. The van der Waals surface area contributed by atoms with Gasteiger partial charge in [0.25, 0.3) is 5.91 Å². The highest BCUT2D eigenvalue weighted by atomic mass is 16.4. The van der Waals surface area contributed by atoms with Crippen molar-refractivity contribution in [3.05, 3.63) is 29.8 Å². The van der Waals surface area contributed by atoms with Gasteiger partial charge in [-0.15, -0.1) is 0 Å². The van der Waals surface area contributed by atoms with Crippen LogP contribution >= 0.6 is 0 Å². The smallest absolute Gasteiger partial charge is 0.326 e. The first-order valence-corrected chi connectivity index (χ1v) is 7.67. The molecular weight excluding hydrogens is 298 g/mol. The highest BCUT2D eigenvalue weighted by molar-refractivity contribution is 5.99. The van der Waals surface area contributed by atoms with Crippen LogP contribution in [0.5, 0.6) is 0 Å². The van der Waals surface area contributed by atoms with Gasteiger partial charge in [0.05, 0.1) is 0 Å². The van der Waals surface area contributed by atoms with Crippen molar-refractivity contribution in [3.63, 3.8) is 0 Å². The maximum atomic E-state index is 12.7. The number of hydrogen-bond donors (Lipinski definition) is 3. The van der Waals surface area contributed by atoms with Gasteiger partial charge in [0.15, 0.2) is 0 Å². The van der Waals surface area contributed by atoms with E-state index >= 15 is 0 Å². The number of fused-ring (bicyclic) bond motifs is 1. The summed E-state index contributed by atoms with van der Waals surface area (Å²) in [4.78, 5) is 36.8. The number of aliphatic carboxylic acids is 1. The molecule has 3 unspecified atom stereocenters. The van der Waals surface area contributed by atoms with Crippen molar-refractivity contribution in [2.24, 2.45) is 17.6 Å². The number of urea groups is 1. The third-order valence-corrected chi connectivity index (χ3v) is 4.78. The Morgan fingerprint density at radius 2 is 2.04 bits per heavy atom. The fraction of sp³-hybridized carbons (Fsp3) is 0.438. The van der Waals surface area contributed by atoms with Crippen LogP contribution in [0.1, 0.15) is 29.6 Å². The second kappa shape index (κ2) is 5.91. The van der Waals surface area contributed by atoms with Crippen LogP contribution in [-0.4, -0.2) is 40.5 Å². The molecule has 4 N–H and O–H groups in total. The van der Waals surface area contributed by atoms with Crippen LogP contribution in [0.4, 0.5) is 10.5 Å². The summed E-state index contributed by atoms with van der Waals surface area (Å²) in [5.74, 6) is -0.950. The highest BCUT2D eigenvalue weighted by Gasteiger charge is 2.49. The predicted molar refractivity (Wildman–Crippen MR) is 82.9 cm³/mol. The molecular formula is C16H19N3O4. The highest BCUT2D eigenvalue weighted by Crippen LogP contribution is 2.42. The monoisotopic (exact) mass is 317 g/mol. The minimum absolute atomic E-state index is 0.0448. The topological polar surface area (TPSA) is 113 Å². The predicted octanol–water partition coefficient (Wildman–Crippen LogP) is 1.50. The number of carbonyl (C=O) groups is 3. The molecule has 1 heterocycles. The maximum Gasteiger partial charge on any atom is 0.326 e. The van der Waals surface area contributed by atoms with Crippen molar-refractivity contribution in [1.29, 1.82) is 0 Å². The van der Waals surface area contributed by atoms with E-state index in [-0.39, 0.29) is 17.7 Å². The summed E-state index contributed by atoms with van der Waals surface area (Å²) in [6, 6.07) is 4.90. The Balaban J connectivity index is 1.85. The molecule has 7 nitrogen and oxygen atoms in total. The van der Waals surface area contributed by atoms with Crippen LogP contribution in [0.3, 0.4) is 0 Å². The third kappa shape index (κ3) is 2.86. The average molecular weight is 317 g/mol. The SMILES string of the molecule is NC(=O)Nc1cccc(C(=O)N2CC3CCCC3C2C(=O)O)c1. The van der Waals surface area contributed by atoms with Crippen LogP contribution in [0, 0.1) is 11.8 Å². The maximum absolute atomic E-state index is 12.7. The summed E-state index contributed by atoms with van der Waals surface area (Å²) in [7, 11) is 0. The summed E-state index contributed by atoms with van der Waals surface area (Å²) < 4.78 is 0. The Hall–Kier alpha value is -2.57. The number of benzene rings is 1.